The highest BCUT2D eigenvalue weighted by atomic mass is 35.5. The monoisotopic (exact) mass is 693 g/mol. The van der Waals surface area contributed by atoms with Gasteiger partial charge in [-0.05, 0) is 86.1 Å². The maximum atomic E-state index is 16.2. The minimum absolute atomic E-state index is 0.0767. The number of aliphatic hydroxyl groups excluding tert-OH is 1. The molecule has 3 heterocycles. The Morgan fingerprint density at radius 2 is 1.90 bits per heavy atom. The molecule has 0 bridgehead atoms. The molecule has 5 atom stereocenters. The quantitative estimate of drug-likeness (QED) is 0.201. The van der Waals surface area contributed by atoms with Crippen molar-refractivity contribution in [3.8, 4) is 5.75 Å². The average molecular weight is 694 g/mol. The van der Waals surface area contributed by atoms with Gasteiger partial charge in [-0.3, -0.25) is 14.4 Å². The normalized spacial score (nSPS) is 25.1. The maximum Gasteiger partial charge on any atom is 0.264 e. The molecule has 3 aromatic carbocycles. The summed E-state index contributed by atoms with van der Waals surface area (Å²) >= 11 is 6.51. The average Bonchev–Trinajstić information content (AvgIpc) is 3.71. The van der Waals surface area contributed by atoms with Gasteiger partial charge in [-0.25, -0.2) is 0 Å². The molecule has 2 N–H and O–H groups in total. The van der Waals surface area contributed by atoms with Crippen molar-refractivity contribution in [3.05, 3.63) is 88.4 Å². The molecular weight excluding hydrogens is 653 g/mol. The molecule has 0 aromatic heterocycles. The van der Waals surface area contributed by atoms with Crippen molar-refractivity contribution in [2.24, 2.45) is 5.92 Å². The van der Waals surface area contributed by atoms with Crippen LogP contribution in [0.4, 0.5) is 15.5 Å². The highest BCUT2D eigenvalue weighted by Gasteiger charge is 2.67. The second-order valence-corrected chi connectivity index (χ2v) is 17.7. The zero-order valence-corrected chi connectivity index (χ0v) is 29.3. The zero-order valence-electron chi connectivity index (χ0n) is 27.5. The number of likely N-dealkylation sites (tertiary alicyclic amines) is 1. The number of aliphatic hydroxyl groups is 1. The summed E-state index contributed by atoms with van der Waals surface area (Å²) in [7, 11) is -1.93. The number of halogens is 2. The van der Waals surface area contributed by atoms with E-state index in [1.165, 1.54) is 0 Å². The van der Waals surface area contributed by atoms with Gasteiger partial charge in [0.15, 0.2) is 5.60 Å². The van der Waals surface area contributed by atoms with Gasteiger partial charge in [-0.2, -0.15) is 0 Å². The van der Waals surface area contributed by atoms with Crippen LogP contribution in [0.3, 0.4) is 0 Å². The molecule has 48 heavy (non-hydrogen) atoms. The van der Waals surface area contributed by atoms with E-state index in [9.17, 15) is 19.5 Å². The summed E-state index contributed by atoms with van der Waals surface area (Å²) in [5, 5.41) is 13.2. The van der Waals surface area contributed by atoms with Gasteiger partial charge in [0.2, 0.25) is 14.3 Å². The first-order valence-corrected chi connectivity index (χ1v) is 19.6. The first-order valence-electron chi connectivity index (χ1n) is 16.3. The van der Waals surface area contributed by atoms with Gasteiger partial charge in [0.1, 0.15) is 5.75 Å². The van der Waals surface area contributed by atoms with Gasteiger partial charge < -0.3 is 33.8 Å². The zero-order chi connectivity index (χ0) is 34.4. The van der Waals surface area contributed by atoms with Crippen molar-refractivity contribution in [1.82, 2.24) is 4.90 Å². The number of benzene rings is 3. The highest BCUT2D eigenvalue weighted by molar-refractivity contribution is 6.72. The van der Waals surface area contributed by atoms with Crippen molar-refractivity contribution < 1.29 is 33.1 Å². The molecule has 3 aromatic rings. The van der Waals surface area contributed by atoms with E-state index >= 15 is 4.11 Å². The SMILES string of the molecule is COc1ccc(C(=O)Nc2cccc(CN3C(=O)[C@]4(O[C@H](CC(=O)N5CCC[C@H]5CO)[C@@H]([Si](C)(C)F)[C@@H]4C)c4cc(Cl)ccc43)c2)cc1. The fraction of sp³-hybridized carbons (Fsp3) is 0.417. The van der Waals surface area contributed by atoms with Gasteiger partial charge >= 0.3 is 0 Å². The number of hydrogen-bond donors (Lipinski definition) is 2. The topological polar surface area (TPSA) is 108 Å². The number of carbonyl (C=O) groups excluding carboxylic acids is 3. The predicted octanol–water partition coefficient (Wildman–Crippen LogP) is 6.30. The number of rotatable bonds is 9. The Morgan fingerprint density at radius 3 is 2.58 bits per heavy atom. The van der Waals surface area contributed by atoms with Crippen LogP contribution >= 0.6 is 11.6 Å². The number of amides is 3. The van der Waals surface area contributed by atoms with E-state index in [2.05, 4.69) is 5.32 Å². The van der Waals surface area contributed by atoms with E-state index in [1.807, 2.05) is 19.1 Å². The summed E-state index contributed by atoms with van der Waals surface area (Å²) in [6.45, 7) is 5.61. The number of anilines is 2. The summed E-state index contributed by atoms with van der Waals surface area (Å²) in [6, 6.07) is 19.0. The molecule has 3 aliphatic heterocycles. The third-order valence-electron chi connectivity index (χ3n) is 10.1. The van der Waals surface area contributed by atoms with E-state index in [4.69, 9.17) is 21.1 Å². The van der Waals surface area contributed by atoms with Gasteiger partial charge in [0.25, 0.3) is 11.8 Å². The van der Waals surface area contributed by atoms with E-state index in [0.29, 0.717) is 46.2 Å². The second-order valence-electron chi connectivity index (χ2n) is 13.5. The molecule has 2 fully saturated rings. The molecule has 2 saturated heterocycles. The maximum absolute atomic E-state index is 16.2. The van der Waals surface area contributed by atoms with Gasteiger partial charge in [-0.15, -0.1) is 0 Å². The summed E-state index contributed by atoms with van der Waals surface area (Å²) < 4.78 is 28.2. The Labute approximate surface area is 286 Å². The van der Waals surface area contributed by atoms with Crippen LogP contribution < -0.4 is 15.0 Å². The molecule has 0 radical (unpaired) electrons. The van der Waals surface area contributed by atoms with Crippen LogP contribution in [0.25, 0.3) is 0 Å². The number of carbonyl (C=O) groups is 3. The van der Waals surface area contributed by atoms with Crippen LogP contribution in [-0.2, 0) is 26.5 Å². The summed E-state index contributed by atoms with van der Waals surface area (Å²) in [5.41, 5.74) is 0.763. The molecule has 3 aliphatic rings. The van der Waals surface area contributed by atoms with Crippen LogP contribution in [0.5, 0.6) is 5.75 Å². The number of nitrogens with zero attached hydrogens (tertiary/aromatic N) is 2. The molecular formula is C36H41ClFN3O6Si. The minimum atomic E-state index is -3.49. The van der Waals surface area contributed by atoms with Crippen LogP contribution in [0.15, 0.2) is 66.7 Å². The molecule has 1 spiro atoms. The largest absolute Gasteiger partial charge is 0.497 e. The smallest absolute Gasteiger partial charge is 0.264 e. The lowest BCUT2D eigenvalue weighted by Crippen LogP contribution is -2.45. The Kier molecular flexibility index (Phi) is 9.42. The Bertz CT molecular complexity index is 1720. The third kappa shape index (κ3) is 6.13. The Hall–Kier alpha value is -3.77. The van der Waals surface area contributed by atoms with Crippen LogP contribution in [0.2, 0.25) is 23.7 Å². The van der Waals surface area contributed by atoms with Crippen LogP contribution in [0.1, 0.15) is 47.7 Å². The van der Waals surface area contributed by atoms with E-state index < -0.39 is 31.6 Å². The number of fused-ring (bicyclic) bond motifs is 2. The summed E-state index contributed by atoms with van der Waals surface area (Å²) in [4.78, 5) is 44.5. The minimum Gasteiger partial charge on any atom is -0.497 e. The highest BCUT2D eigenvalue weighted by Crippen LogP contribution is 2.60. The molecule has 254 valence electrons. The van der Waals surface area contributed by atoms with Crippen LogP contribution in [-0.4, -0.2) is 68.5 Å². The molecule has 3 amide bonds. The van der Waals surface area contributed by atoms with Crippen molar-refractivity contribution in [2.75, 3.05) is 30.5 Å². The first kappa shape index (κ1) is 34.1. The van der Waals surface area contributed by atoms with Gasteiger partial charge in [0, 0.05) is 39.8 Å². The fourth-order valence-electron chi connectivity index (χ4n) is 7.90. The summed E-state index contributed by atoms with van der Waals surface area (Å²) in [6.07, 6.45) is 0.604. The second kappa shape index (κ2) is 13.3. The standard InChI is InChI=1S/C36H41ClFN3O6Si/c1-22-33(48(3,4)38)31(19-32(43)40-16-6-9-27(40)21-42)47-36(22)29-18-25(37)12-15-30(29)41(35(36)45)20-23-7-5-8-26(17-23)39-34(44)24-10-13-28(46-2)14-11-24/h5,7-8,10-15,17-18,22,27,31,33,42H,6,9,16,19-21H2,1-4H3,(H,39,44)/t22-,27-,31+,33-,36+/m0/s1. The predicted molar refractivity (Wildman–Crippen MR) is 185 cm³/mol. The van der Waals surface area contributed by atoms with Gasteiger partial charge in [0.05, 0.1) is 44.5 Å². The summed E-state index contributed by atoms with van der Waals surface area (Å²) in [5.74, 6) is -0.770. The van der Waals surface area contributed by atoms with E-state index in [-0.39, 0.29) is 43.3 Å². The van der Waals surface area contributed by atoms with Crippen molar-refractivity contribution in [1.29, 1.82) is 0 Å². The third-order valence-corrected chi connectivity index (χ3v) is 12.8. The molecule has 6 rings (SSSR count). The molecule has 0 saturated carbocycles. The molecule has 9 nitrogen and oxygen atoms in total. The number of hydrogen-bond acceptors (Lipinski definition) is 6. The lowest BCUT2D eigenvalue weighted by atomic mass is 9.82. The van der Waals surface area contributed by atoms with E-state index in [1.54, 1.807) is 84.6 Å². The van der Waals surface area contributed by atoms with Crippen molar-refractivity contribution >= 4 is 49.1 Å². The van der Waals surface area contributed by atoms with Crippen molar-refractivity contribution in [3.63, 3.8) is 0 Å². The number of nitrogens with one attached hydrogen (secondary N) is 1. The molecule has 12 heteroatoms. The molecule has 0 aliphatic carbocycles. The first-order chi connectivity index (χ1) is 22.9. The Morgan fingerprint density at radius 1 is 1.15 bits per heavy atom. The Balaban J connectivity index is 1.29. The molecule has 0 unspecified atom stereocenters. The number of methoxy groups -OCH3 is 1. The lowest BCUT2D eigenvalue weighted by Gasteiger charge is -2.31. The lowest BCUT2D eigenvalue weighted by molar-refractivity contribution is -0.150. The number of ether oxygens (including phenoxy) is 2. The fourth-order valence-corrected chi connectivity index (χ4v) is 10.6. The van der Waals surface area contributed by atoms with Crippen LogP contribution in [0, 0.1) is 5.92 Å². The van der Waals surface area contributed by atoms with Crippen molar-refractivity contribution in [2.45, 2.75) is 69.1 Å². The van der Waals surface area contributed by atoms with Gasteiger partial charge in [-0.1, -0.05) is 30.7 Å². The van der Waals surface area contributed by atoms with E-state index in [0.717, 1.165) is 12.0 Å².